The second kappa shape index (κ2) is 14.2. The lowest BCUT2D eigenvalue weighted by Gasteiger charge is -2.28. The van der Waals surface area contributed by atoms with Crippen molar-refractivity contribution in [2.75, 3.05) is 26.3 Å². The van der Waals surface area contributed by atoms with E-state index >= 15 is 0 Å². The van der Waals surface area contributed by atoms with Crippen LogP contribution in [0.4, 0.5) is 17.6 Å². The Morgan fingerprint density at radius 3 is 2.14 bits per heavy atom. The number of thiophene rings is 1. The molecule has 0 spiro atoms. The smallest absolute Gasteiger partial charge is 0.430 e. The summed E-state index contributed by atoms with van der Waals surface area (Å²) in [5.74, 6) is -5.47. The number of ether oxygens (including phenoxy) is 2. The quantitative estimate of drug-likeness (QED) is 0.144. The van der Waals surface area contributed by atoms with Crippen molar-refractivity contribution in [2.24, 2.45) is 0 Å². The van der Waals surface area contributed by atoms with Crippen LogP contribution in [0.5, 0.6) is 11.5 Å². The van der Waals surface area contributed by atoms with E-state index in [-0.39, 0.29) is 15.3 Å². The third kappa shape index (κ3) is 9.34. The molecule has 20 heteroatoms. The predicted octanol–water partition coefficient (Wildman–Crippen LogP) is -1.03. The molecule has 0 aliphatic heterocycles. The van der Waals surface area contributed by atoms with Crippen LogP contribution in [0, 0.1) is 17.1 Å². The number of nitrogens with one attached hydrogen (secondary N) is 1. The third-order valence-corrected chi connectivity index (χ3v) is 9.13. The zero-order valence-electron chi connectivity index (χ0n) is 21.2. The number of carboxylic acid groups (broad SMARTS) is 1. The molecule has 2 aromatic carbocycles. The molecule has 2 atom stereocenters. The summed E-state index contributed by atoms with van der Waals surface area (Å²) in [5.41, 5.74) is 6.66. The lowest BCUT2D eigenvalue weighted by atomic mass is 10.1. The number of hydrogen-bond donors (Lipinski definition) is 4. The maximum atomic E-state index is 14.0. The molecule has 2 unspecified atom stereocenters. The van der Waals surface area contributed by atoms with Crippen LogP contribution in [0.3, 0.4) is 0 Å². The Labute approximate surface area is 239 Å². The number of quaternary nitrogens is 2. The molecule has 0 radical (unpaired) electrons. The highest BCUT2D eigenvalue weighted by Crippen LogP contribution is 2.47. The summed E-state index contributed by atoms with van der Waals surface area (Å²) in [6, 6.07) is 8.79. The average Bonchev–Trinajstić information content (AvgIpc) is 3.32. The first-order valence-corrected chi connectivity index (χ1v) is 15.3. The van der Waals surface area contributed by atoms with Crippen LogP contribution >= 0.6 is 18.9 Å². The summed E-state index contributed by atoms with van der Waals surface area (Å²) in [5, 5.41) is 18.1. The van der Waals surface area contributed by atoms with Crippen molar-refractivity contribution in [1.29, 1.82) is 5.26 Å². The van der Waals surface area contributed by atoms with Gasteiger partial charge in [-0.25, -0.2) is 12.8 Å². The number of alkyl halides is 3. The lowest BCUT2D eigenvalue weighted by molar-refractivity contribution is -0.372. The van der Waals surface area contributed by atoms with Gasteiger partial charge in [0.15, 0.2) is 19.1 Å². The molecular weight excluding hydrogens is 635 g/mol. The number of carbonyl (C=O) groups is 1. The molecule has 1 heterocycles. The van der Waals surface area contributed by atoms with E-state index < -0.39 is 41.4 Å². The number of nitriles is 1. The van der Waals surface area contributed by atoms with Crippen LogP contribution in [0.2, 0.25) is 0 Å². The maximum Gasteiger partial charge on any atom is 0.430 e. The minimum Gasteiger partial charge on any atom is -0.777 e. The van der Waals surface area contributed by atoms with E-state index in [1.54, 1.807) is 18.2 Å². The number of carboxylic acids is 1. The monoisotopic (exact) mass is 658 g/mol. The summed E-state index contributed by atoms with van der Waals surface area (Å²) in [4.78, 5) is 30.5. The number of sulfonamides is 1. The molecular formula is C22H23F4N4O9PS2. The number of halogens is 4. The molecule has 0 saturated heterocycles. The van der Waals surface area contributed by atoms with Gasteiger partial charge in [0.25, 0.3) is 10.0 Å². The van der Waals surface area contributed by atoms with Crippen molar-refractivity contribution in [2.45, 2.75) is 16.2 Å². The Morgan fingerprint density at radius 1 is 1.14 bits per heavy atom. The fourth-order valence-corrected chi connectivity index (χ4v) is 7.04. The highest BCUT2D eigenvalue weighted by Gasteiger charge is 2.31. The molecule has 230 valence electrons. The zero-order valence-corrected chi connectivity index (χ0v) is 23.7. The Morgan fingerprint density at radius 2 is 1.69 bits per heavy atom. The van der Waals surface area contributed by atoms with Gasteiger partial charge in [0.05, 0.1) is 5.56 Å². The van der Waals surface area contributed by atoms with Gasteiger partial charge in [0.1, 0.15) is 54.2 Å². The van der Waals surface area contributed by atoms with Crippen molar-refractivity contribution in [3.63, 3.8) is 0 Å². The SMILES string of the molecule is N#Cc1ccc(C(NS(=O)(=O)c2cc3cc(OCC[NH3+])c(OCC[NH3+])cc3s2)P(=O)([O-])O)cc1F.O=C([O-])C(F)(F)F. The number of hydrogen-bond acceptors (Lipinski definition) is 10. The van der Waals surface area contributed by atoms with E-state index in [2.05, 4.69) is 11.5 Å². The van der Waals surface area contributed by atoms with E-state index in [0.29, 0.717) is 54.0 Å². The van der Waals surface area contributed by atoms with E-state index in [1.807, 2.05) is 4.72 Å². The first kappa shape index (κ1) is 34.9. The van der Waals surface area contributed by atoms with Crippen LogP contribution in [-0.4, -0.2) is 51.8 Å². The van der Waals surface area contributed by atoms with Gasteiger partial charge in [0, 0.05) is 10.8 Å². The Kier molecular flexibility index (Phi) is 11.8. The normalized spacial score (nSPS) is 13.8. The molecule has 13 nitrogen and oxygen atoms in total. The largest absolute Gasteiger partial charge is 0.777 e. The molecule has 3 aromatic rings. The summed E-state index contributed by atoms with van der Waals surface area (Å²) < 4.78 is 97.2. The minimum absolute atomic E-state index is 0.252. The van der Waals surface area contributed by atoms with Crippen molar-refractivity contribution in [3.8, 4) is 17.6 Å². The Balaban J connectivity index is 0.000000782. The predicted molar refractivity (Wildman–Crippen MR) is 133 cm³/mol. The summed E-state index contributed by atoms with van der Waals surface area (Å²) >= 11 is 0.837. The third-order valence-electron chi connectivity index (χ3n) is 4.88. The van der Waals surface area contributed by atoms with E-state index in [1.165, 1.54) is 6.07 Å². The maximum absolute atomic E-state index is 14.0. The molecule has 42 heavy (non-hydrogen) atoms. The van der Waals surface area contributed by atoms with Gasteiger partial charge in [-0.2, -0.15) is 23.2 Å². The fourth-order valence-electron chi connectivity index (χ4n) is 3.07. The first-order chi connectivity index (χ1) is 19.4. The van der Waals surface area contributed by atoms with E-state index in [4.69, 9.17) is 24.6 Å². The molecule has 0 fully saturated rings. The number of carbonyl (C=O) groups excluding carboxylic acids is 1. The van der Waals surface area contributed by atoms with Crippen LogP contribution in [0.15, 0.2) is 40.6 Å². The van der Waals surface area contributed by atoms with Gasteiger partial charge in [-0.15, -0.1) is 11.3 Å². The standard InChI is InChI=1S/C20H22FN4O7PS2.C2HF3O2/c21-15-7-12(1-2-13(15)11-24)20(33(26,27)28)25-35(29,30)19-9-14-8-16(31-5-3-22)17(32-6-4-23)10-18(14)34-19;3-2(4,5)1(6)7/h1-2,7-10,20,25H,3-6,22-23H2,(H2,26,27,28);(H,6,7). The highest BCUT2D eigenvalue weighted by molar-refractivity contribution is 7.92. The van der Waals surface area contributed by atoms with Gasteiger partial charge in [-0.1, -0.05) is 6.07 Å². The van der Waals surface area contributed by atoms with Gasteiger partial charge >= 0.3 is 6.18 Å². The van der Waals surface area contributed by atoms with Crippen LogP contribution < -0.4 is 35.7 Å². The summed E-state index contributed by atoms with van der Waals surface area (Å²) in [6.07, 6.45) is -5.19. The molecule has 0 aliphatic carbocycles. The van der Waals surface area contributed by atoms with Gasteiger partial charge in [-0.05, 0) is 35.2 Å². The van der Waals surface area contributed by atoms with Crippen LogP contribution in [0.25, 0.3) is 10.1 Å². The van der Waals surface area contributed by atoms with Gasteiger partial charge < -0.3 is 45.2 Å². The number of rotatable bonds is 11. The molecule has 8 N–H and O–H groups in total. The second-order valence-electron chi connectivity index (χ2n) is 8.03. The van der Waals surface area contributed by atoms with E-state index in [9.17, 15) is 40.3 Å². The fraction of sp³-hybridized carbons (Fsp3) is 0.273. The van der Waals surface area contributed by atoms with Crippen LogP contribution in [0.1, 0.15) is 16.9 Å². The first-order valence-electron chi connectivity index (χ1n) is 11.4. The molecule has 1 aromatic heterocycles. The topological polar surface area (TPSA) is 244 Å². The van der Waals surface area contributed by atoms with Crippen molar-refractivity contribution in [1.82, 2.24) is 4.72 Å². The van der Waals surface area contributed by atoms with Crippen molar-refractivity contribution >= 4 is 45.0 Å². The Bertz CT molecular complexity index is 1580. The number of aliphatic carboxylic acids is 1. The van der Waals surface area contributed by atoms with E-state index in [0.717, 1.165) is 23.5 Å². The Hall–Kier alpha value is -3.34. The lowest BCUT2D eigenvalue weighted by Crippen LogP contribution is -2.53. The minimum atomic E-state index is -5.37. The summed E-state index contributed by atoms with van der Waals surface area (Å²) in [7, 11) is -9.86. The highest BCUT2D eigenvalue weighted by atomic mass is 32.2. The molecule has 0 amide bonds. The molecule has 0 bridgehead atoms. The number of fused-ring (bicyclic) bond motifs is 1. The van der Waals surface area contributed by atoms with Crippen molar-refractivity contribution in [3.05, 3.63) is 53.3 Å². The zero-order chi connectivity index (χ0) is 31.9. The van der Waals surface area contributed by atoms with Crippen molar-refractivity contribution < 1.29 is 71.2 Å². The number of benzene rings is 2. The second-order valence-corrected chi connectivity index (χ2v) is 12.7. The molecule has 0 aliphatic rings. The summed E-state index contributed by atoms with van der Waals surface area (Å²) in [6.45, 7) is 1.60. The number of nitrogens with zero attached hydrogens (tertiary/aromatic N) is 1. The van der Waals surface area contributed by atoms with Crippen LogP contribution in [-0.2, 0) is 19.4 Å². The van der Waals surface area contributed by atoms with Gasteiger partial charge in [-0.3, -0.25) is 0 Å². The molecule has 0 saturated carbocycles. The molecule has 3 rings (SSSR count). The van der Waals surface area contributed by atoms with Gasteiger partial charge in [0.2, 0.25) is 0 Å². The average molecular weight is 659 g/mol.